The van der Waals surface area contributed by atoms with Crippen LogP contribution in [0.4, 0.5) is 0 Å². The van der Waals surface area contributed by atoms with E-state index in [4.69, 9.17) is 0 Å². The van der Waals surface area contributed by atoms with Gasteiger partial charge in [0.25, 0.3) is 15.9 Å². The van der Waals surface area contributed by atoms with Crippen molar-refractivity contribution in [2.75, 3.05) is 19.6 Å². The van der Waals surface area contributed by atoms with Gasteiger partial charge in [0.05, 0.1) is 5.56 Å². The molecule has 1 saturated heterocycles. The van der Waals surface area contributed by atoms with E-state index < -0.39 is 40.3 Å². The minimum absolute atomic E-state index is 0.0564. The molecule has 2 aliphatic heterocycles. The van der Waals surface area contributed by atoms with E-state index in [2.05, 4.69) is 0 Å². The number of piperidine rings is 1. The summed E-state index contributed by atoms with van der Waals surface area (Å²) >= 11 is 0. The van der Waals surface area contributed by atoms with Gasteiger partial charge in [0.15, 0.2) is 0 Å². The highest BCUT2D eigenvalue weighted by molar-refractivity contribution is 7.90. The molecule has 1 fully saturated rings. The van der Waals surface area contributed by atoms with Gasteiger partial charge in [-0.05, 0) is 25.0 Å². The first-order valence-corrected chi connectivity index (χ1v) is 8.91. The van der Waals surface area contributed by atoms with Crippen molar-refractivity contribution in [2.45, 2.75) is 17.7 Å². The molecule has 2 heterocycles. The Kier molecular flexibility index (Phi) is 4.04. The molecule has 2 aliphatic rings. The van der Waals surface area contributed by atoms with Crippen molar-refractivity contribution in [1.29, 1.82) is 0 Å². The quantitative estimate of drug-likeness (QED) is 0.677. The standard InChI is InChI=1S/C15H16N2O6S/c18-13(16-7-5-10(6-8-16)15(20)21)9-17-14(19)11-3-1-2-4-12(11)24(17,22)23/h1-4,10H,5-9H2,(H,20,21)/p-1. The predicted molar refractivity (Wildman–Crippen MR) is 79.0 cm³/mol. The number of nitrogens with zero attached hydrogens (tertiary/aromatic N) is 2. The van der Waals surface area contributed by atoms with E-state index >= 15 is 0 Å². The zero-order valence-corrected chi connectivity index (χ0v) is 13.5. The fourth-order valence-corrected chi connectivity index (χ4v) is 4.49. The summed E-state index contributed by atoms with van der Waals surface area (Å²) in [5, 5.41) is 10.8. The average Bonchev–Trinajstić information content (AvgIpc) is 2.76. The van der Waals surface area contributed by atoms with Crippen LogP contribution in [0.25, 0.3) is 0 Å². The fraction of sp³-hybridized carbons (Fsp3) is 0.400. The number of carbonyl (C=O) groups excluding carboxylic acids is 3. The minimum Gasteiger partial charge on any atom is -0.550 e. The number of hydrogen-bond acceptors (Lipinski definition) is 6. The molecule has 0 unspecified atom stereocenters. The number of fused-ring (bicyclic) bond motifs is 1. The molecule has 0 atom stereocenters. The average molecular weight is 351 g/mol. The third-order valence-electron chi connectivity index (χ3n) is 4.37. The molecule has 128 valence electrons. The molecule has 0 spiro atoms. The van der Waals surface area contributed by atoms with Crippen LogP contribution in [0.1, 0.15) is 23.2 Å². The van der Waals surface area contributed by atoms with Gasteiger partial charge in [-0.2, -0.15) is 0 Å². The van der Waals surface area contributed by atoms with Gasteiger partial charge >= 0.3 is 0 Å². The Bertz CT molecular complexity index is 811. The Hall–Kier alpha value is -2.42. The van der Waals surface area contributed by atoms with E-state index in [0.29, 0.717) is 4.31 Å². The molecular formula is C15H15N2O6S-. The highest BCUT2D eigenvalue weighted by Gasteiger charge is 2.42. The van der Waals surface area contributed by atoms with Gasteiger partial charge in [-0.1, -0.05) is 12.1 Å². The van der Waals surface area contributed by atoms with Crippen LogP contribution in [0.5, 0.6) is 0 Å². The lowest BCUT2D eigenvalue weighted by Gasteiger charge is -2.33. The zero-order valence-electron chi connectivity index (χ0n) is 12.7. The van der Waals surface area contributed by atoms with Gasteiger partial charge in [0.2, 0.25) is 5.91 Å². The van der Waals surface area contributed by atoms with Crippen molar-refractivity contribution in [1.82, 2.24) is 9.21 Å². The number of sulfonamides is 1. The van der Waals surface area contributed by atoms with Gasteiger partial charge in [-0.3, -0.25) is 9.59 Å². The van der Waals surface area contributed by atoms with E-state index in [-0.39, 0.29) is 36.4 Å². The molecule has 3 rings (SSSR count). The van der Waals surface area contributed by atoms with Gasteiger partial charge in [0.1, 0.15) is 11.4 Å². The van der Waals surface area contributed by atoms with Crippen LogP contribution in [-0.4, -0.2) is 55.0 Å². The lowest BCUT2D eigenvalue weighted by Crippen LogP contribution is -2.47. The van der Waals surface area contributed by atoms with Crippen molar-refractivity contribution in [3.8, 4) is 0 Å². The molecule has 0 radical (unpaired) electrons. The Morgan fingerprint density at radius 2 is 1.79 bits per heavy atom. The van der Waals surface area contributed by atoms with Crippen LogP contribution in [0.2, 0.25) is 0 Å². The summed E-state index contributed by atoms with van der Waals surface area (Å²) in [5.41, 5.74) is 0.0564. The van der Waals surface area contributed by atoms with E-state index in [9.17, 15) is 27.9 Å². The van der Waals surface area contributed by atoms with Gasteiger partial charge < -0.3 is 14.8 Å². The van der Waals surface area contributed by atoms with Crippen LogP contribution < -0.4 is 5.11 Å². The molecule has 0 N–H and O–H groups in total. The summed E-state index contributed by atoms with van der Waals surface area (Å²) in [6.07, 6.45) is 0.518. The number of rotatable bonds is 3. The number of carboxylic acid groups (broad SMARTS) is 1. The first-order chi connectivity index (χ1) is 11.3. The minimum atomic E-state index is -4.02. The van der Waals surface area contributed by atoms with Crippen LogP contribution in [0.15, 0.2) is 29.2 Å². The maximum absolute atomic E-state index is 12.4. The van der Waals surface area contributed by atoms with Crippen LogP contribution in [-0.2, 0) is 19.6 Å². The normalized spacial score (nSPS) is 20.1. The molecule has 0 saturated carbocycles. The molecular weight excluding hydrogens is 336 g/mol. The monoisotopic (exact) mass is 351 g/mol. The fourth-order valence-electron chi connectivity index (χ4n) is 2.97. The third-order valence-corrected chi connectivity index (χ3v) is 6.16. The summed E-state index contributed by atoms with van der Waals surface area (Å²) < 4.78 is 25.4. The number of amides is 2. The number of carboxylic acids is 1. The van der Waals surface area contributed by atoms with E-state index in [1.165, 1.54) is 23.1 Å². The highest BCUT2D eigenvalue weighted by Crippen LogP contribution is 2.30. The number of likely N-dealkylation sites (tertiary alicyclic amines) is 1. The second kappa shape index (κ2) is 5.90. The smallest absolute Gasteiger partial charge is 0.269 e. The summed E-state index contributed by atoms with van der Waals surface area (Å²) in [6.45, 7) is -0.176. The summed E-state index contributed by atoms with van der Waals surface area (Å²) in [5.74, 6) is -2.98. The molecule has 1 aromatic carbocycles. The number of benzene rings is 1. The number of aliphatic carboxylic acids is 1. The van der Waals surface area contributed by atoms with Gasteiger partial charge in [-0.25, -0.2) is 12.7 Å². The Morgan fingerprint density at radius 1 is 1.17 bits per heavy atom. The number of hydrogen-bond donors (Lipinski definition) is 0. The van der Waals surface area contributed by atoms with Crippen LogP contribution in [0, 0.1) is 5.92 Å². The largest absolute Gasteiger partial charge is 0.550 e. The molecule has 8 nitrogen and oxygen atoms in total. The van der Waals surface area contributed by atoms with E-state index in [1.807, 2.05) is 0 Å². The maximum atomic E-state index is 12.4. The Morgan fingerprint density at radius 3 is 2.38 bits per heavy atom. The van der Waals surface area contributed by atoms with Crippen molar-refractivity contribution in [3.63, 3.8) is 0 Å². The first-order valence-electron chi connectivity index (χ1n) is 7.47. The molecule has 1 aromatic rings. The Labute approximate surface area is 138 Å². The summed E-state index contributed by atoms with van der Waals surface area (Å²) in [7, 11) is -4.02. The SMILES string of the molecule is O=C([O-])C1CCN(C(=O)CN2C(=O)c3ccccc3S2(=O)=O)CC1. The molecule has 2 amide bonds. The first kappa shape index (κ1) is 16.4. The number of carbonyl (C=O) groups is 3. The molecule has 24 heavy (non-hydrogen) atoms. The van der Waals surface area contributed by atoms with Gasteiger partial charge in [0, 0.05) is 25.0 Å². The lowest BCUT2D eigenvalue weighted by molar-refractivity contribution is -0.312. The lowest BCUT2D eigenvalue weighted by atomic mass is 9.97. The zero-order chi connectivity index (χ0) is 17.5. The third kappa shape index (κ3) is 2.64. The second-order valence-corrected chi connectivity index (χ2v) is 7.62. The molecule has 0 aromatic heterocycles. The topological polar surface area (TPSA) is 115 Å². The van der Waals surface area contributed by atoms with Crippen molar-refractivity contribution >= 4 is 27.8 Å². The molecule has 0 aliphatic carbocycles. The summed E-state index contributed by atoms with van der Waals surface area (Å²) in [4.78, 5) is 36.7. The van der Waals surface area contributed by atoms with E-state index in [1.54, 1.807) is 6.07 Å². The molecule has 0 bridgehead atoms. The molecule has 9 heteroatoms. The van der Waals surface area contributed by atoms with Crippen LogP contribution >= 0.6 is 0 Å². The Balaban J connectivity index is 1.72. The van der Waals surface area contributed by atoms with Crippen molar-refractivity contribution in [3.05, 3.63) is 29.8 Å². The van der Waals surface area contributed by atoms with Gasteiger partial charge in [-0.15, -0.1) is 0 Å². The predicted octanol–water partition coefficient (Wildman–Crippen LogP) is -1.18. The maximum Gasteiger partial charge on any atom is 0.269 e. The van der Waals surface area contributed by atoms with Crippen molar-refractivity contribution < 1.29 is 27.9 Å². The van der Waals surface area contributed by atoms with Crippen molar-refractivity contribution in [2.24, 2.45) is 5.92 Å². The van der Waals surface area contributed by atoms with E-state index in [0.717, 1.165) is 0 Å². The highest BCUT2D eigenvalue weighted by atomic mass is 32.2. The summed E-state index contributed by atoms with van der Waals surface area (Å²) in [6, 6.07) is 5.81. The van der Waals surface area contributed by atoms with Crippen LogP contribution in [0.3, 0.4) is 0 Å². The second-order valence-electron chi connectivity index (χ2n) is 5.79.